The molecule has 0 aliphatic carbocycles. The summed E-state index contributed by atoms with van der Waals surface area (Å²) in [7, 11) is 0. The first kappa shape index (κ1) is 14.4. The number of benzene rings is 1. The monoisotopic (exact) mass is 287 g/mol. The van der Waals surface area contributed by atoms with Gasteiger partial charge in [-0.25, -0.2) is 4.79 Å². The fourth-order valence-electron chi connectivity index (χ4n) is 1.48. The second-order valence-corrected chi connectivity index (χ2v) is 3.90. The van der Waals surface area contributed by atoms with Crippen LogP contribution in [0.1, 0.15) is 23.1 Å². The molecule has 1 aromatic heterocycles. The first-order valence-electron chi connectivity index (χ1n) is 6.18. The van der Waals surface area contributed by atoms with Gasteiger partial charge in [0, 0.05) is 11.8 Å². The fourth-order valence-corrected chi connectivity index (χ4v) is 1.48. The summed E-state index contributed by atoms with van der Waals surface area (Å²) >= 11 is 0. The zero-order valence-electron chi connectivity index (χ0n) is 11.2. The Bertz CT molecular complexity index is 634. The third-order valence-corrected chi connectivity index (χ3v) is 2.42. The standard InChI is InChI=1S/C13H13N5O3/c1-2-21-11(19)8-5-9-3-6-10(7-4-9)14-13(20)12-15-17-18-16-12/h3-8H,2H2,1H3,(H,14,20)(H,15,16,17,18)/b8-5+. The number of hydrogen-bond donors (Lipinski definition) is 2. The van der Waals surface area contributed by atoms with Gasteiger partial charge in [-0.05, 0) is 35.9 Å². The summed E-state index contributed by atoms with van der Waals surface area (Å²) in [6, 6.07) is 6.90. The Kier molecular flexibility index (Phi) is 4.75. The van der Waals surface area contributed by atoms with Crippen LogP contribution in [0.2, 0.25) is 0 Å². The van der Waals surface area contributed by atoms with Gasteiger partial charge in [0.05, 0.1) is 6.61 Å². The molecule has 8 nitrogen and oxygen atoms in total. The molecule has 2 aromatic rings. The fraction of sp³-hybridized carbons (Fsp3) is 0.154. The molecule has 8 heteroatoms. The predicted octanol–water partition coefficient (Wildman–Crippen LogP) is 1.03. The van der Waals surface area contributed by atoms with Crippen LogP contribution >= 0.6 is 0 Å². The van der Waals surface area contributed by atoms with Gasteiger partial charge in [-0.15, -0.1) is 10.2 Å². The van der Waals surface area contributed by atoms with Gasteiger partial charge in [0.25, 0.3) is 11.7 Å². The van der Waals surface area contributed by atoms with E-state index in [1.54, 1.807) is 37.3 Å². The molecule has 0 saturated heterocycles. The van der Waals surface area contributed by atoms with Crippen molar-refractivity contribution in [3.05, 3.63) is 41.7 Å². The van der Waals surface area contributed by atoms with Gasteiger partial charge < -0.3 is 10.1 Å². The van der Waals surface area contributed by atoms with Crippen LogP contribution in [0.25, 0.3) is 6.08 Å². The van der Waals surface area contributed by atoms with Crippen molar-refractivity contribution in [2.75, 3.05) is 11.9 Å². The Labute approximate surface area is 120 Å². The SMILES string of the molecule is CCOC(=O)/C=C/c1ccc(NC(=O)c2nn[nH]n2)cc1. The van der Waals surface area contributed by atoms with Crippen LogP contribution in [0.5, 0.6) is 0 Å². The van der Waals surface area contributed by atoms with Crippen LogP contribution in [0.15, 0.2) is 30.3 Å². The summed E-state index contributed by atoms with van der Waals surface area (Å²) < 4.78 is 4.78. The topological polar surface area (TPSA) is 110 Å². The summed E-state index contributed by atoms with van der Waals surface area (Å²) in [5.41, 5.74) is 1.39. The van der Waals surface area contributed by atoms with Gasteiger partial charge in [-0.3, -0.25) is 4.79 Å². The number of amides is 1. The molecule has 1 amide bonds. The lowest BCUT2D eigenvalue weighted by Crippen LogP contribution is -2.13. The highest BCUT2D eigenvalue weighted by atomic mass is 16.5. The van der Waals surface area contributed by atoms with Gasteiger partial charge in [-0.2, -0.15) is 5.21 Å². The Morgan fingerprint density at radius 2 is 2.10 bits per heavy atom. The number of H-pyrrole nitrogens is 1. The first-order chi connectivity index (χ1) is 10.2. The molecule has 0 saturated carbocycles. The highest BCUT2D eigenvalue weighted by molar-refractivity contribution is 6.01. The number of nitrogens with zero attached hydrogens (tertiary/aromatic N) is 3. The molecule has 108 valence electrons. The molecule has 0 radical (unpaired) electrons. The van der Waals surface area contributed by atoms with E-state index in [0.717, 1.165) is 5.56 Å². The summed E-state index contributed by atoms with van der Waals surface area (Å²) in [6.07, 6.45) is 2.97. The van der Waals surface area contributed by atoms with E-state index in [4.69, 9.17) is 4.74 Å². The number of tetrazole rings is 1. The van der Waals surface area contributed by atoms with E-state index in [2.05, 4.69) is 25.9 Å². The average Bonchev–Trinajstić information content (AvgIpc) is 3.01. The lowest BCUT2D eigenvalue weighted by molar-refractivity contribution is -0.137. The molecule has 1 heterocycles. The Morgan fingerprint density at radius 3 is 2.71 bits per heavy atom. The number of ether oxygens (including phenoxy) is 1. The van der Waals surface area contributed by atoms with E-state index in [-0.39, 0.29) is 5.82 Å². The molecule has 0 bridgehead atoms. The smallest absolute Gasteiger partial charge is 0.330 e. The average molecular weight is 287 g/mol. The largest absolute Gasteiger partial charge is 0.463 e. The van der Waals surface area contributed by atoms with E-state index in [9.17, 15) is 9.59 Å². The molecule has 0 atom stereocenters. The van der Waals surface area contributed by atoms with Crippen LogP contribution in [-0.2, 0) is 9.53 Å². The minimum absolute atomic E-state index is 0.0405. The maximum absolute atomic E-state index is 11.7. The molecule has 0 aliphatic rings. The second-order valence-electron chi connectivity index (χ2n) is 3.90. The zero-order chi connectivity index (χ0) is 15.1. The number of aromatic nitrogens is 4. The number of aromatic amines is 1. The number of hydrogen-bond acceptors (Lipinski definition) is 6. The van der Waals surface area contributed by atoms with E-state index in [1.165, 1.54) is 6.08 Å². The highest BCUT2D eigenvalue weighted by Gasteiger charge is 2.10. The lowest BCUT2D eigenvalue weighted by Gasteiger charge is -2.02. The summed E-state index contributed by atoms with van der Waals surface area (Å²) in [6.45, 7) is 2.08. The zero-order valence-corrected chi connectivity index (χ0v) is 11.2. The maximum Gasteiger partial charge on any atom is 0.330 e. The Balaban J connectivity index is 1.96. The van der Waals surface area contributed by atoms with Crippen molar-refractivity contribution in [3.8, 4) is 0 Å². The molecule has 2 rings (SSSR count). The third-order valence-electron chi connectivity index (χ3n) is 2.42. The van der Waals surface area contributed by atoms with Gasteiger partial charge in [-0.1, -0.05) is 12.1 Å². The van der Waals surface area contributed by atoms with E-state index in [1.807, 2.05) is 0 Å². The molecule has 2 N–H and O–H groups in total. The number of carbonyl (C=O) groups is 2. The van der Waals surface area contributed by atoms with Crippen LogP contribution in [-0.4, -0.2) is 39.1 Å². The van der Waals surface area contributed by atoms with Crippen LogP contribution in [0.4, 0.5) is 5.69 Å². The number of esters is 1. The Hall–Kier alpha value is -3.03. The molecule has 0 aliphatic heterocycles. The third kappa shape index (κ3) is 4.23. The minimum atomic E-state index is -0.460. The number of carbonyl (C=O) groups excluding carboxylic acids is 2. The number of rotatable bonds is 5. The van der Waals surface area contributed by atoms with Crippen molar-refractivity contribution in [1.29, 1.82) is 0 Å². The quantitative estimate of drug-likeness (QED) is 0.627. The molecular weight excluding hydrogens is 274 g/mol. The van der Waals surface area contributed by atoms with E-state index in [0.29, 0.717) is 12.3 Å². The summed E-state index contributed by atoms with van der Waals surface area (Å²) in [5.74, 6) is -0.896. The van der Waals surface area contributed by atoms with Gasteiger partial charge in [0.15, 0.2) is 0 Å². The molecule has 0 unspecified atom stereocenters. The van der Waals surface area contributed by atoms with Crippen molar-refractivity contribution in [1.82, 2.24) is 20.6 Å². The minimum Gasteiger partial charge on any atom is -0.463 e. The van der Waals surface area contributed by atoms with Crippen molar-refractivity contribution in [3.63, 3.8) is 0 Å². The first-order valence-corrected chi connectivity index (χ1v) is 6.18. The Morgan fingerprint density at radius 1 is 1.33 bits per heavy atom. The summed E-state index contributed by atoms with van der Waals surface area (Å²) in [5, 5.41) is 15.3. The maximum atomic E-state index is 11.7. The number of anilines is 1. The molecular formula is C13H13N5O3. The van der Waals surface area contributed by atoms with E-state index < -0.39 is 11.9 Å². The van der Waals surface area contributed by atoms with Crippen LogP contribution < -0.4 is 5.32 Å². The van der Waals surface area contributed by atoms with Gasteiger partial charge in [0.2, 0.25) is 0 Å². The van der Waals surface area contributed by atoms with Crippen molar-refractivity contribution < 1.29 is 14.3 Å². The van der Waals surface area contributed by atoms with Gasteiger partial charge in [0.1, 0.15) is 0 Å². The number of nitrogens with one attached hydrogen (secondary N) is 2. The molecule has 21 heavy (non-hydrogen) atoms. The predicted molar refractivity (Wildman–Crippen MR) is 74.2 cm³/mol. The van der Waals surface area contributed by atoms with Crippen molar-refractivity contribution in [2.45, 2.75) is 6.92 Å². The summed E-state index contributed by atoms with van der Waals surface area (Å²) in [4.78, 5) is 22.8. The lowest BCUT2D eigenvalue weighted by atomic mass is 10.2. The van der Waals surface area contributed by atoms with Crippen molar-refractivity contribution in [2.24, 2.45) is 0 Å². The van der Waals surface area contributed by atoms with Crippen LogP contribution in [0, 0.1) is 0 Å². The highest BCUT2D eigenvalue weighted by Crippen LogP contribution is 2.11. The normalized spacial score (nSPS) is 10.5. The van der Waals surface area contributed by atoms with E-state index >= 15 is 0 Å². The molecule has 0 fully saturated rings. The molecule has 0 spiro atoms. The van der Waals surface area contributed by atoms with Crippen molar-refractivity contribution >= 4 is 23.6 Å². The van der Waals surface area contributed by atoms with Crippen LogP contribution in [0.3, 0.4) is 0 Å². The molecule has 1 aromatic carbocycles. The second kappa shape index (κ2) is 6.94. The van der Waals surface area contributed by atoms with Gasteiger partial charge >= 0.3 is 5.97 Å².